The Hall–Kier alpha value is -2.20. The molecule has 0 unspecified atom stereocenters. The summed E-state index contributed by atoms with van der Waals surface area (Å²) in [6.07, 6.45) is 0. The first kappa shape index (κ1) is 16.7. The second kappa shape index (κ2) is 7.58. The van der Waals surface area contributed by atoms with Crippen molar-refractivity contribution in [3.63, 3.8) is 0 Å². The van der Waals surface area contributed by atoms with Crippen LogP contribution in [0.5, 0.6) is 0 Å². The van der Waals surface area contributed by atoms with E-state index in [2.05, 4.69) is 37.5 Å². The lowest BCUT2D eigenvalue weighted by Gasteiger charge is -2.00. The predicted octanol–water partition coefficient (Wildman–Crippen LogP) is 5.57. The quantitative estimate of drug-likeness (QED) is 0.446. The van der Waals surface area contributed by atoms with Crippen molar-refractivity contribution < 1.29 is 0 Å². The number of rotatable bonds is 4. The lowest BCUT2D eigenvalue weighted by molar-refractivity contribution is 1.31. The molecule has 24 heavy (non-hydrogen) atoms. The third-order valence-electron chi connectivity index (χ3n) is 3.09. The Morgan fingerprint density at radius 2 is 1.88 bits per heavy atom. The Labute approximate surface area is 156 Å². The lowest BCUT2D eigenvalue weighted by atomic mass is 10.2. The van der Waals surface area contributed by atoms with Gasteiger partial charge in [-0.3, -0.25) is 5.43 Å². The fourth-order valence-electron chi connectivity index (χ4n) is 1.90. The number of hydrogen-bond acceptors (Lipinski definition) is 5. The van der Waals surface area contributed by atoms with Gasteiger partial charge in [0.1, 0.15) is 6.07 Å². The maximum atomic E-state index is 9.34. The summed E-state index contributed by atoms with van der Waals surface area (Å²) >= 11 is 10.6. The second-order valence-corrected chi connectivity index (χ2v) is 6.95. The van der Waals surface area contributed by atoms with Crippen LogP contribution in [-0.2, 0) is 0 Å². The molecule has 0 saturated carbocycles. The van der Waals surface area contributed by atoms with Gasteiger partial charge < -0.3 is 0 Å². The van der Waals surface area contributed by atoms with E-state index in [0.717, 1.165) is 21.4 Å². The van der Waals surface area contributed by atoms with Crippen molar-refractivity contribution in [2.75, 3.05) is 5.43 Å². The molecule has 0 spiro atoms. The molecule has 0 bridgehead atoms. The van der Waals surface area contributed by atoms with E-state index < -0.39 is 0 Å². The van der Waals surface area contributed by atoms with E-state index in [4.69, 9.17) is 11.6 Å². The molecule has 3 aromatic rings. The van der Waals surface area contributed by atoms with Gasteiger partial charge in [-0.2, -0.15) is 10.4 Å². The summed E-state index contributed by atoms with van der Waals surface area (Å²) in [6.45, 7) is 0. The van der Waals surface area contributed by atoms with Crippen molar-refractivity contribution in [3.8, 4) is 17.3 Å². The number of hydrogen-bond donors (Lipinski definition) is 1. The number of nitriles is 1. The zero-order valence-corrected chi connectivity index (χ0v) is 15.4. The van der Waals surface area contributed by atoms with Crippen molar-refractivity contribution in [1.82, 2.24) is 4.98 Å². The molecular formula is C17H10BrClN4S. The Bertz CT molecular complexity index is 911. The largest absolute Gasteiger partial charge is 0.277 e. The number of halogens is 2. The van der Waals surface area contributed by atoms with Gasteiger partial charge in [-0.05, 0) is 36.4 Å². The molecule has 0 amide bonds. The van der Waals surface area contributed by atoms with Gasteiger partial charge in [0.15, 0.2) is 10.7 Å². The highest BCUT2D eigenvalue weighted by atomic mass is 79.9. The summed E-state index contributed by atoms with van der Waals surface area (Å²) in [7, 11) is 0. The van der Waals surface area contributed by atoms with E-state index in [1.807, 2.05) is 29.6 Å². The third-order valence-corrected chi connectivity index (χ3v) is 4.72. The van der Waals surface area contributed by atoms with Gasteiger partial charge in [0.2, 0.25) is 0 Å². The molecule has 2 aromatic carbocycles. The monoisotopic (exact) mass is 416 g/mol. The summed E-state index contributed by atoms with van der Waals surface area (Å²) in [5.41, 5.74) is 5.63. The Kier molecular flexibility index (Phi) is 5.26. The first-order chi connectivity index (χ1) is 11.7. The van der Waals surface area contributed by atoms with Crippen LogP contribution in [0.4, 0.5) is 5.69 Å². The summed E-state index contributed by atoms with van der Waals surface area (Å²) in [6, 6.07) is 17.0. The number of nitrogens with one attached hydrogen (secondary N) is 1. The van der Waals surface area contributed by atoms with Crippen molar-refractivity contribution in [1.29, 1.82) is 5.26 Å². The molecule has 0 fully saturated rings. The van der Waals surface area contributed by atoms with Crippen LogP contribution < -0.4 is 5.43 Å². The molecule has 0 radical (unpaired) electrons. The number of thiazole rings is 1. The standard InChI is InChI=1S/C17H10BrClN4S/c18-12-3-1-11(2-4-12)16-10-24-17(21-16)15(9-20)23-22-14-7-5-13(19)6-8-14/h1-8,10,22H. The molecule has 3 rings (SSSR count). The van der Waals surface area contributed by atoms with Gasteiger partial charge in [0, 0.05) is 20.4 Å². The van der Waals surface area contributed by atoms with Crippen molar-refractivity contribution in [2.24, 2.45) is 5.10 Å². The van der Waals surface area contributed by atoms with Gasteiger partial charge in [-0.1, -0.05) is 39.7 Å². The van der Waals surface area contributed by atoms with Crippen LogP contribution >= 0.6 is 38.9 Å². The van der Waals surface area contributed by atoms with Crippen LogP contribution in [0.1, 0.15) is 5.01 Å². The van der Waals surface area contributed by atoms with Crippen LogP contribution in [0.2, 0.25) is 5.02 Å². The molecule has 0 aliphatic carbocycles. The Morgan fingerprint density at radius 3 is 2.54 bits per heavy atom. The molecule has 4 nitrogen and oxygen atoms in total. The van der Waals surface area contributed by atoms with Crippen molar-refractivity contribution >= 4 is 50.3 Å². The second-order valence-electron chi connectivity index (χ2n) is 4.74. The van der Waals surface area contributed by atoms with Gasteiger partial charge in [-0.25, -0.2) is 4.98 Å². The van der Waals surface area contributed by atoms with Crippen LogP contribution in [0.25, 0.3) is 11.3 Å². The first-order valence-corrected chi connectivity index (χ1v) is 8.92. The highest BCUT2D eigenvalue weighted by Gasteiger charge is 2.10. The fraction of sp³-hybridized carbons (Fsp3) is 0. The highest BCUT2D eigenvalue weighted by Crippen LogP contribution is 2.24. The van der Waals surface area contributed by atoms with Crippen LogP contribution in [0, 0.1) is 11.3 Å². The minimum absolute atomic E-state index is 0.235. The average molecular weight is 418 g/mol. The zero-order valence-electron chi connectivity index (χ0n) is 12.2. The maximum absolute atomic E-state index is 9.34. The fourth-order valence-corrected chi connectivity index (χ4v) is 3.06. The molecular weight excluding hydrogens is 408 g/mol. The number of anilines is 1. The van der Waals surface area contributed by atoms with Gasteiger partial charge in [-0.15, -0.1) is 11.3 Å². The number of hydrazone groups is 1. The van der Waals surface area contributed by atoms with Crippen molar-refractivity contribution in [3.05, 3.63) is 68.4 Å². The maximum Gasteiger partial charge on any atom is 0.196 e. The molecule has 1 N–H and O–H groups in total. The van der Waals surface area contributed by atoms with Crippen LogP contribution in [0.15, 0.2) is 63.5 Å². The summed E-state index contributed by atoms with van der Waals surface area (Å²) in [5.74, 6) is 0. The van der Waals surface area contributed by atoms with Crippen LogP contribution in [-0.4, -0.2) is 10.7 Å². The Balaban J connectivity index is 1.81. The van der Waals surface area contributed by atoms with E-state index in [1.165, 1.54) is 11.3 Å². The number of benzene rings is 2. The zero-order chi connectivity index (χ0) is 16.9. The van der Waals surface area contributed by atoms with E-state index in [9.17, 15) is 5.26 Å². The lowest BCUT2D eigenvalue weighted by Crippen LogP contribution is -2.01. The summed E-state index contributed by atoms with van der Waals surface area (Å²) in [5, 5.41) is 16.6. The molecule has 0 aliphatic heterocycles. The van der Waals surface area contributed by atoms with Crippen molar-refractivity contribution in [2.45, 2.75) is 0 Å². The SMILES string of the molecule is N#CC(=NNc1ccc(Cl)cc1)c1nc(-c2ccc(Br)cc2)cs1. The molecule has 0 saturated heterocycles. The van der Waals surface area contributed by atoms with Gasteiger partial charge in [0.05, 0.1) is 11.4 Å². The summed E-state index contributed by atoms with van der Waals surface area (Å²) < 4.78 is 1.01. The third kappa shape index (κ3) is 4.01. The minimum Gasteiger partial charge on any atom is -0.277 e. The molecule has 118 valence electrons. The normalized spacial score (nSPS) is 11.1. The molecule has 0 aliphatic rings. The minimum atomic E-state index is 0.235. The smallest absolute Gasteiger partial charge is 0.196 e. The van der Waals surface area contributed by atoms with E-state index >= 15 is 0 Å². The molecule has 0 atom stereocenters. The highest BCUT2D eigenvalue weighted by molar-refractivity contribution is 9.10. The predicted molar refractivity (Wildman–Crippen MR) is 102 cm³/mol. The first-order valence-electron chi connectivity index (χ1n) is 6.87. The average Bonchev–Trinajstić information content (AvgIpc) is 3.08. The summed E-state index contributed by atoms with van der Waals surface area (Å²) in [4.78, 5) is 4.50. The van der Waals surface area contributed by atoms with Crippen LogP contribution in [0.3, 0.4) is 0 Å². The molecule has 1 heterocycles. The van der Waals surface area contributed by atoms with Gasteiger partial charge in [0.25, 0.3) is 0 Å². The molecule has 7 heteroatoms. The van der Waals surface area contributed by atoms with E-state index in [0.29, 0.717) is 10.0 Å². The Morgan fingerprint density at radius 1 is 1.17 bits per heavy atom. The number of nitrogens with zero attached hydrogens (tertiary/aromatic N) is 3. The number of aromatic nitrogens is 1. The van der Waals surface area contributed by atoms with E-state index in [-0.39, 0.29) is 5.71 Å². The van der Waals surface area contributed by atoms with E-state index in [1.54, 1.807) is 24.3 Å². The topological polar surface area (TPSA) is 61.1 Å². The van der Waals surface area contributed by atoms with Gasteiger partial charge >= 0.3 is 0 Å². The molecule has 1 aromatic heterocycles.